The lowest BCUT2D eigenvalue weighted by Crippen LogP contribution is -2.48. The number of hydrogen-bond acceptors (Lipinski definition) is 2. The summed E-state index contributed by atoms with van der Waals surface area (Å²) in [6.45, 7) is 1.33. The van der Waals surface area contributed by atoms with Gasteiger partial charge in [-0.25, -0.2) is 0 Å². The first kappa shape index (κ1) is 12.7. The van der Waals surface area contributed by atoms with Gasteiger partial charge in [-0.05, 0) is 37.1 Å². The van der Waals surface area contributed by atoms with Crippen LogP contribution in [0.25, 0.3) is 0 Å². The summed E-state index contributed by atoms with van der Waals surface area (Å²) in [5.74, 6) is 0.102. The third-order valence-electron chi connectivity index (χ3n) is 3.95. The zero-order valence-electron chi connectivity index (χ0n) is 10.4. The molecule has 5 heteroatoms. The molecule has 1 N–H and O–H groups in total. The van der Waals surface area contributed by atoms with E-state index in [0.29, 0.717) is 12.1 Å². The number of hydrogen-bond donors (Lipinski definition) is 1. The summed E-state index contributed by atoms with van der Waals surface area (Å²) in [4.78, 5) is 26.1. The van der Waals surface area contributed by atoms with Gasteiger partial charge in [0.15, 0.2) is 0 Å². The number of carbonyl (C=O) groups is 2. The summed E-state index contributed by atoms with van der Waals surface area (Å²) >= 11 is 3.36. The number of benzene rings is 1. The van der Waals surface area contributed by atoms with Gasteiger partial charge in [0, 0.05) is 23.1 Å². The normalized spacial score (nSPS) is 25.9. The van der Waals surface area contributed by atoms with Crippen molar-refractivity contribution in [3.63, 3.8) is 0 Å². The Balaban J connectivity index is 1.83. The molecule has 2 unspecified atom stereocenters. The predicted molar refractivity (Wildman–Crippen MR) is 74.7 cm³/mol. The molecule has 1 aromatic carbocycles. The Labute approximate surface area is 120 Å². The minimum absolute atomic E-state index is 0.0202. The first-order valence-electron chi connectivity index (χ1n) is 6.51. The van der Waals surface area contributed by atoms with E-state index in [-0.39, 0.29) is 23.8 Å². The van der Waals surface area contributed by atoms with E-state index in [9.17, 15) is 9.59 Å². The third-order valence-corrected chi connectivity index (χ3v) is 4.48. The van der Waals surface area contributed by atoms with Crippen molar-refractivity contribution in [2.45, 2.75) is 18.9 Å². The number of carbonyl (C=O) groups excluding carboxylic acids is 2. The zero-order chi connectivity index (χ0) is 13.4. The van der Waals surface area contributed by atoms with E-state index in [4.69, 9.17) is 0 Å². The van der Waals surface area contributed by atoms with Crippen molar-refractivity contribution in [1.82, 2.24) is 10.2 Å². The molecule has 2 saturated heterocycles. The van der Waals surface area contributed by atoms with Crippen molar-refractivity contribution in [3.8, 4) is 0 Å². The molecular formula is C14H15BrN2O2. The second-order valence-electron chi connectivity index (χ2n) is 5.07. The average molecular weight is 323 g/mol. The lowest BCUT2D eigenvalue weighted by Gasteiger charge is -2.36. The van der Waals surface area contributed by atoms with Gasteiger partial charge < -0.3 is 10.2 Å². The minimum Gasteiger partial charge on any atom is -0.354 e. The van der Waals surface area contributed by atoms with Crippen molar-refractivity contribution in [2.24, 2.45) is 5.92 Å². The maximum Gasteiger partial charge on any atom is 0.254 e. The van der Waals surface area contributed by atoms with Crippen LogP contribution in [0.1, 0.15) is 23.2 Å². The second-order valence-corrected chi connectivity index (χ2v) is 5.98. The van der Waals surface area contributed by atoms with Crippen LogP contribution in [0.3, 0.4) is 0 Å². The van der Waals surface area contributed by atoms with Crippen LogP contribution in [0, 0.1) is 5.92 Å². The quantitative estimate of drug-likeness (QED) is 0.857. The highest BCUT2D eigenvalue weighted by Crippen LogP contribution is 2.28. The van der Waals surface area contributed by atoms with E-state index in [0.717, 1.165) is 23.9 Å². The van der Waals surface area contributed by atoms with E-state index in [1.807, 2.05) is 29.2 Å². The lowest BCUT2D eigenvalue weighted by atomic mass is 9.91. The number of rotatable bonds is 1. The van der Waals surface area contributed by atoms with Crippen LogP contribution >= 0.6 is 15.9 Å². The van der Waals surface area contributed by atoms with E-state index >= 15 is 0 Å². The Kier molecular flexibility index (Phi) is 3.31. The van der Waals surface area contributed by atoms with Crippen LogP contribution in [-0.4, -0.2) is 35.8 Å². The Morgan fingerprint density at radius 2 is 2.05 bits per heavy atom. The van der Waals surface area contributed by atoms with Gasteiger partial charge in [0.25, 0.3) is 5.91 Å². The van der Waals surface area contributed by atoms with Crippen LogP contribution in [0.15, 0.2) is 28.7 Å². The highest BCUT2D eigenvalue weighted by atomic mass is 79.9. The number of fused-ring (bicyclic) bond motifs is 1. The molecule has 1 aromatic rings. The van der Waals surface area contributed by atoms with Gasteiger partial charge in [-0.15, -0.1) is 0 Å². The highest BCUT2D eigenvalue weighted by molar-refractivity contribution is 9.10. The monoisotopic (exact) mass is 322 g/mol. The van der Waals surface area contributed by atoms with Gasteiger partial charge in [0.1, 0.15) is 0 Å². The molecule has 2 fully saturated rings. The van der Waals surface area contributed by atoms with Crippen molar-refractivity contribution in [1.29, 1.82) is 0 Å². The summed E-state index contributed by atoms with van der Waals surface area (Å²) in [5.41, 5.74) is 0.684. The molecule has 0 aliphatic carbocycles. The number of nitrogens with one attached hydrogen (secondary N) is 1. The molecule has 2 atom stereocenters. The molecule has 0 aromatic heterocycles. The standard InChI is InChI=1S/C14H15BrN2O2/c15-10-5-3-9(4-6-10)14(19)17-7-1-2-11-12(17)8-16-13(11)18/h3-6,11-12H,1-2,7-8H2,(H,16,18). The number of nitrogens with zero attached hydrogens (tertiary/aromatic N) is 1. The van der Waals surface area contributed by atoms with Crippen LogP contribution in [0.2, 0.25) is 0 Å². The molecular weight excluding hydrogens is 308 g/mol. The molecule has 2 aliphatic rings. The molecule has 2 heterocycles. The predicted octanol–water partition coefficient (Wildman–Crippen LogP) is 1.80. The smallest absolute Gasteiger partial charge is 0.254 e. The first-order valence-corrected chi connectivity index (χ1v) is 7.30. The fourth-order valence-electron chi connectivity index (χ4n) is 2.96. The fraction of sp³-hybridized carbons (Fsp3) is 0.429. The van der Waals surface area contributed by atoms with Crippen molar-refractivity contribution < 1.29 is 9.59 Å². The Morgan fingerprint density at radius 1 is 1.32 bits per heavy atom. The van der Waals surface area contributed by atoms with Gasteiger partial charge in [-0.2, -0.15) is 0 Å². The Hall–Kier alpha value is -1.36. The van der Waals surface area contributed by atoms with Gasteiger partial charge >= 0.3 is 0 Å². The molecule has 0 bridgehead atoms. The van der Waals surface area contributed by atoms with Gasteiger partial charge in [0.05, 0.1) is 12.0 Å². The Bertz CT molecular complexity index is 515. The first-order chi connectivity index (χ1) is 9.16. The van der Waals surface area contributed by atoms with Crippen molar-refractivity contribution in [3.05, 3.63) is 34.3 Å². The van der Waals surface area contributed by atoms with Crippen LogP contribution in [-0.2, 0) is 4.79 Å². The third kappa shape index (κ3) is 2.27. The SMILES string of the molecule is O=C1NCC2C1CCCN2C(=O)c1ccc(Br)cc1. The lowest BCUT2D eigenvalue weighted by molar-refractivity contribution is -0.123. The number of piperidine rings is 1. The number of halogens is 1. The molecule has 0 radical (unpaired) electrons. The van der Waals surface area contributed by atoms with E-state index in [2.05, 4.69) is 21.2 Å². The van der Waals surface area contributed by atoms with Crippen molar-refractivity contribution >= 4 is 27.7 Å². The maximum absolute atomic E-state index is 12.5. The molecule has 2 aliphatic heterocycles. The van der Waals surface area contributed by atoms with Crippen LogP contribution in [0.4, 0.5) is 0 Å². The number of amides is 2. The minimum atomic E-state index is -0.0202. The molecule has 0 saturated carbocycles. The second kappa shape index (κ2) is 4.96. The van der Waals surface area contributed by atoms with Crippen molar-refractivity contribution in [2.75, 3.05) is 13.1 Å². The van der Waals surface area contributed by atoms with E-state index < -0.39 is 0 Å². The van der Waals surface area contributed by atoms with Crippen LogP contribution < -0.4 is 5.32 Å². The van der Waals surface area contributed by atoms with Gasteiger partial charge in [-0.3, -0.25) is 9.59 Å². The van der Waals surface area contributed by atoms with Gasteiger partial charge in [-0.1, -0.05) is 15.9 Å². The maximum atomic E-state index is 12.5. The summed E-state index contributed by atoms with van der Waals surface area (Å²) in [6.07, 6.45) is 1.79. The zero-order valence-corrected chi connectivity index (χ0v) is 12.0. The topological polar surface area (TPSA) is 49.4 Å². The highest BCUT2D eigenvalue weighted by Gasteiger charge is 2.42. The number of likely N-dealkylation sites (tertiary alicyclic amines) is 1. The molecule has 4 nitrogen and oxygen atoms in total. The summed E-state index contributed by atoms with van der Waals surface area (Å²) < 4.78 is 0.957. The molecule has 3 rings (SSSR count). The largest absolute Gasteiger partial charge is 0.354 e. The Morgan fingerprint density at radius 3 is 2.79 bits per heavy atom. The molecule has 0 spiro atoms. The van der Waals surface area contributed by atoms with Gasteiger partial charge in [0.2, 0.25) is 5.91 Å². The fourth-order valence-corrected chi connectivity index (χ4v) is 3.23. The summed E-state index contributed by atoms with van der Waals surface area (Å²) in [6, 6.07) is 7.40. The van der Waals surface area contributed by atoms with Crippen LogP contribution in [0.5, 0.6) is 0 Å². The molecule has 2 amide bonds. The summed E-state index contributed by atoms with van der Waals surface area (Å²) in [7, 11) is 0. The summed E-state index contributed by atoms with van der Waals surface area (Å²) in [5, 5.41) is 2.87. The van der Waals surface area contributed by atoms with E-state index in [1.54, 1.807) is 0 Å². The average Bonchev–Trinajstić information content (AvgIpc) is 2.81. The van der Waals surface area contributed by atoms with E-state index in [1.165, 1.54) is 0 Å². The molecule has 19 heavy (non-hydrogen) atoms. The molecule has 100 valence electrons.